The minimum absolute atomic E-state index is 0.394. The summed E-state index contributed by atoms with van der Waals surface area (Å²) in [6.45, 7) is 1.75. The van der Waals surface area contributed by atoms with Gasteiger partial charge in [-0.05, 0) is 54.1 Å². The Morgan fingerprint density at radius 3 is 2.73 bits per heavy atom. The maximum atomic E-state index is 11.0. The van der Waals surface area contributed by atoms with Crippen LogP contribution in [0.1, 0.15) is 41.0 Å². The smallest absolute Gasteiger partial charge is 0.311 e. The summed E-state index contributed by atoms with van der Waals surface area (Å²) in [5.41, 5.74) is 1.36. The molecule has 1 N–H and O–H groups in total. The van der Waals surface area contributed by atoms with Gasteiger partial charge in [0, 0.05) is 14.2 Å². The molecule has 1 aromatic rings. The Morgan fingerprint density at radius 1 is 1.47 bits per heavy atom. The molecule has 0 spiro atoms. The number of carboxylic acids is 1. The molecule has 1 aliphatic rings. The molecule has 82 valence electrons. The van der Waals surface area contributed by atoms with Gasteiger partial charge >= 0.3 is 5.97 Å². The Labute approximate surface area is 101 Å². The summed E-state index contributed by atoms with van der Waals surface area (Å²) < 4.78 is 1.05. The standard InChI is InChI=1S/C11H13BrO2S/c1-6(11(13)14)10-9(12)7-4-2-3-5-8(7)15-10/h6H,2-5H2,1H3,(H,13,14). The first kappa shape index (κ1) is 11.1. The zero-order valence-electron chi connectivity index (χ0n) is 8.55. The number of thiophene rings is 1. The predicted octanol–water partition coefficient (Wildman–Crippen LogP) is 3.58. The van der Waals surface area contributed by atoms with E-state index in [1.165, 1.54) is 23.3 Å². The van der Waals surface area contributed by atoms with Crippen molar-refractivity contribution < 1.29 is 9.90 Å². The van der Waals surface area contributed by atoms with Crippen LogP contribution in [-0.2, 0) is 17.6 Å². The lowest BCUT2D eigenvalue weighted by molar-refractivity contribution is -0.138. The summed E-state index contributed by atoms with van der Waals surface area (Å²) >= 11 is 5.22. The molecule has 1 unspecified atom stereocenters. The number of halogens is 1. The topological polar surface area (TPSA) is 37.3 Å². The first-order valence-electron chi connectivity index (χ1n) is 5.14. The third-order valence-electron chi connectivity index (χ3n) is 2.90. The van der Waals surface area contributed by atoms with Crippen LogP contribution in [0.3, 0.4) is 0 Å². The van der Waals surface area contributed by atoms with Crippen molar-refractivity contribution in [2.24, 2.45) is 0 Å². The van der Waals surface area contributed by atoms with E-state index >= 15 is 0 Å². The third-order valence-corrected chi connectivity index (χ3v) is 5.54. The average Bonchev–Trinajstić information content (AvgIpc) is 2.56. The lowest BCUT2D eigenvalue weighted by Crippen LogP contribution is -2.06. The molecule has 1 aromatic heterocycles. The van der Waals surface area contributed by atoms with Gasteiger partial charge in [-0.3, -0.25) is 4.79 Å². The highest BCUT2D eigenvalue weighted by Gasteiger charge is 2.25. The molecule has 0 radical (unpaired) electrons. The van der Waals surface area contributed by atoms with Gasteiger partial charge in [0.25, 0.3) is 0 Å². The van der Waals surface area contributed by atoms with E-state index in [0.717, 1.165) is 22.2 Å². The quantitative estimate of drug-likeness (QED) is 0.903. The first-order valence-corrected chi connectivity index (χ1v) is 6.75. The summed E-state index contributed by atoms with van der Waals surface area (Å²) in [4.78, 5) is 13.3. The maximum absolute atomic E-state index is 11.0. The van der Waals surface area contributed by atoms with Gasteiger partial charge in [-0.1, -0.05) is 0 Å². The molecule has 1 aliphatic carbocycles. The van der Waals surface area contributed by atoms with Crippen LogP contribution in [0.4, 0.5) is 0 Å². The molecule has 2 nitrogen and oxygen atoms in total. The van der Waals surface area contributed by atoms with E-state index in [1.807, 2.05) is 0 Å². The summed E-state index contributed by atoms with van der Waals surface area (Å²) in [5, 5.41) is 9.01. The number of carboxylic acid groups (broad SMARTS) is 1. The van der Waals surface area contributed by atoms with Crippen molar-refractivity contribution in [3.63, 3.8) is 0 Å². The molecule has 0 saturated heterocycles. The van der Waals surface area contributed by atoms with Crippen molar-refractivity contribution >= 4 is 33.2 Å². The first-order chi connectivity index (χ1) is 7.11. The van der Waals surface area contributed by atoms with Gasteiger partial charge in [-0.15, -0.1) is 11.3 Å². The zero-order valence-corrected chi connectivity index (χ0v) is 10.9. The van der Waals surface area contributed by atoms with Crippen LogP contribution in [-0.4, -0.2) is 11.1 Å². The number of aryl methyl sites for hydroxylation is 1. The van der Waals surface area contributed by atoms with Gasteiger partial charge in [-0.25, -0.2) is 0 Å². The number of carbonyl (C=O) groups is 1. The predicted molar refractivity (Wildman–Crippen MR) is 64.7 cm³/mol. The van der Waals surface area contributed by atoms with Gasteiger partial charge in [0.1, 0.15) is 0 Å². The van der Waals surface area contributed by atoms with E-state index < -0.39 is 11.9 Å². The Balaban J connectivity index is 2.41. The van der Waals surface area contributed by atoms with Gasteiger partial charge in [0.2, 0.25) is 0 Å². The minimum Gasteiger partial charge on any atom is -0.481 e. The molecule has 4 heteroatoms. The van der Waals surface area contributed by atoms with E-state index in [1.54, 1.807) is 18.3 Å². The van der Waals surface area contributed by atoms with Crippen LogP contribution in [0.5, 0.6) is 0 Å². The van der Waals surface area contributed by atoms with E-state index in [-0.39, 0.29) is 0 Å². The van der Waals surface area contributed by atoms with Crippen molar-refractivity contribution in [2.75, 3.05) is 0 Å². The van der Waals surface area contributed by atoms with Crippen LogP contribution in [0.25, 0.3) is 0 Å². The highest BCUT2D eigenvalue weighted by molar-refractivity contribution is 9.10. The molecule has 0 saturated carbocycles. The summed E-state index contributed by atoms with van der Waals surface area (Å²) in [6, 6.07) is 0. The minimum atomic E-state index is -0.741. The largest absolute Gasteiger partial charge is 0.481 e. The van der Waals surface area contributed by atoms with E-state index in [4.69, 9.17) is 5.11 Å². The van der Waals surface area contributed by atoms with Crippen molar-refractivity contribution in [2.45, 2.75) is 38.5 Å². The summed E-state index contributed by atoms with van der Waals surface area (Å²) in [6.07, 6.45) is 4.67. The monoisotopic (exact) mass is 288 g/mol. The molecule has 0 aliphatic heterocycles. The molecule has 0 amide bonds. The Hall–Kier alpha value is -0.350. The number of rotatable bonds is 2. The Kier molecular flexibility index (Phi) is 3.16. The molecule has 0 bridgehead atoms. The molecule has 1 heterocycles. The molecule has 2 rings (SSSR count). The van der Waals surface area contributed by atoms with Crippen molar-refractivity contribution in [3.8, 4) is 0 Å². The number of hydrogen-bond acceptors (Lipinski definition) is 2. The molecular formula is C11H13BrO2S. The van der Waals surface area contributed by atoms with Gasteiger partial charge in [0.05, 0.1) is 5.92 Å². The summed E-state index contributed by atoms with van der Waals surface area (Å²) in [7, 11) is 0. The zero-order chi connectivity index (χ0) is 11.0. The molecule has 1 atom stereocenters. The number of fused-ring (bicyclic) bond motifs is 1. The van der Waals surface area contributed by atoms with Crippen LogP contribution in [0.2, 0.25) is 0 Å². The number of aliphatic carboxylic acids is 1. The fourth-order valence-electron chi connectivity index (χ4n) is 1.94. The second kappa shape index (κ2) is 4.26. The summed E-state index contributed by atoms with van der Waals surface area (Å²) in [5.74, 6) is -1.13. The lowest BCUT2D eigenvalue weighted by atomic mass is 9.98. The van der Waals surface area contributed by atoms with Gasteiger partial charge in [0.15, 0.2) is 0 Å². The van der Waals surface area contributed by atoms with Crippen molar-refractivity contribution in [1.82, 2.24) is 0 Å². The Morgan fingerprint density at radius 2 is 2.13 bits per heavy atom. The average molecular weight is 289 g/mol. The maximum Gasteiger partial charge on any atom is 0.311 e. The molecular weight excluding hydrogens is 276 g/mol. The fourth-order valence-corrected chi connectivity index (χ4v) is 4.42. The Bertz CT molecular complexity index is 398. The van der Waals surface area contributed by atoms with Crippen LogP contribution < -0.4 is 0 Å². The van der Waals surface area contributed by atoms with E-state index in [2.05, 4.69) is 15.9 Å². The van der Waals surface area contributed by atoms with E-state index in [9.17, 15) is 4.79 Å². The van der Waals surface area contributed by atoms with Crippen molar-refractivity contribution in [3.05, 3.63) is 19.8 Å². The van der Waals surface area contributed by atoms with Crippen LogP contribution in [0, 0.1) is 0 Å². The van der Waals surface area contributed by atoms with Crippen LogP contribution >= 0.6 is 27.3 Å². The molecule has 15 heavy (non-hydrogen) atoms. The van der Waals surface area contributed by atoms with E-state index in [0.29, 0.717) is 0 Å². The third kappa shape index (κ3) is 1.97. The van der Waals surface area contributed by atoms with Crippen molar-refractivity contribution in [1.29, 1.82) is 0 Å². The highest BCUT2D eigenvalue weighted by atomic mass is 79.9. The van der Waals surface area contributed by atoms with Gasteiger partial charge in [-0.2, -0.15) is 0 Å². The van der Waals surface area contributed by atoms with Crippen LogP contribution in [0.15, 0.2) is 4.47 Å². The number of hydrogen-bond donors (Lipinski definition) is 1. The molecule has 0 aromatic carbocycles. The SMILES string of the molecule is CC(C(=O)O)c1sc2c(c1Br)CCCC2. The highest BCUT2D eigenvalue weighted by Crippen LogP contribution is 2.41. The fraction of sp³-hybridized carbons (Fsp3) is 0.545. The molecule has 0 fully saturated rings. The second-order valence-corrected chi connectivity index (χ2v) is 5.88. The lowest BCUT2D eigenvalue weighted by Gasteiger charge is -2.10. The second-order valence-electron chi connectivity index (χ2n) is 3.95. The van der Waals surface area contributed by atoms with Gasteiger partial charge < -0.3 is 5.11 Å². The normalized spacial score (nSPS) is 17.2.